The van der Waals surface area contributed by atoms with Crippen molar-refractivity contribution in [3.63, 3.8) is 0 Å². The highest BCUT2D eigenvalue weighted by atomic mass is 19.4. The number of rotatable bonds is 3. The van der Waals surface area contributed by atoms with Gasteiger partial charge in [-0.15, -0.1) is 0 Å². The van der Waals surface area contributed by atoms with Gasteiger partial charge in [-0.2, -0.15) is 18.3 Å². The number of hydrogen-bond acceptors (Lipinski definition) is 4. The molecule has 5 nitrogen and oxygen atoms in total. The molecule has 0 saturated heterocycles. The second kappa shape index (κ2) is 5.63. The average molecular weight is 301 g/mol. The number of anilines is 1. The number of alkyl halides is 3. The summed E-state index contributed by atoms with van der Waals surface area (Å²) in [5.41, 5.74) is 5.17. The molecule has 8 heteroatoms. The summed E-state index contributed by atoms with van der Waals surface area (Å²) >= 11 is 0. The minimum absolute atomic E-state index is 0.00785. The van der Waals surface area contributed by atoms with Crippen LogP contribution in [0.15, 0.2) is 30.0 Å². The lowest BCUT2D eigenvalue weighted by molar-refractivity contribution is -0.0950. The lowest BCUT2D eigenvalue weighted by atomic mass is 10.0. The first-order valence-electron chi connectivity index (χ1n) is 6.29. The van der Waals surface area contributed by atoms with Crippen molar-refractivity contribution in [3.05, 3.63) is 35.6 Å². The Balaban J connectivity index is 2.23. The summed E-state index contributed by atoms with van der Waals surface area (Å²) in [6.07, 6.45) is 0.397. The normalized spacial score (nSPS) is 18.5. The minimum Gasteiger partial charge on any atom is -0.462 e. The van der Waals surface area contributed by atoms with Gasteiger partial charge in [0.1, 0.15) is 11.4 Å². The van der Waals surface area contributed by atoms with Crippen LogP contribution in [-0.2, 0) is 4.74 Å². The largest absolute Gasteiger partial charge is 0.462 e. The molecule has 1 aromatic rings. The van der Waals surface area contributed by atoms with Crippen LogP contribution >= 0.6 is 0 Å². The number of ether oxygens (including phenoxy) is 1. The van der Waals surface area contributed by atoms with Crippen LogP contribution in [0.1, 0.15) is 29.7 Å². The third-order valence-electron chi connectivity index (χ3n) is 3.07. The number of nitrogen functional groups attached to an aromatic ring is 1. The zero-order chi connectivity index (χ0) is 15.6. The molecular formula is C13H14F3N3O2. The van der Waals surface area contributed by atoms with Gasteiger partial charge in [0.2, 0.25) is 0 Å². The van der Waals surface area contributed by atoms with Gasteiger partial charge in [0, 0.05) is 12.0 Å². The molecule has 1 aliphatic rings. The number of nitrogens with two attached hydrogens (primary N) is 1. The van der Waals surface area contributed by atoms with Crippen LogP contribution in [0.25, 0.3) is 0 Å². The van der Waals surface area contributed by atoms with Crippen LogP contribution in [-0.4, -0.2) is 28.5 Å². The van der Waals surface area contributed by atoms with E-state index in [2.05, 4.69) is 5.10 Å². The topological polar surface area (TPSA) is 70.1 Å². The van der Waals surface area contributed by atoms with E-state index in [0.717, 1.165) is 6.08 Å². The van der Waals surface area contributed by atoms with Gasteiger partial charge >= 0.3 is 12.1 Å². The van der Waals surface area contributed by atoms with E-state index >= 15 is 0 Å². The van der Waals surface area contributed by atoms with Gasteiger partial charge in [-0.1, -0.05) is 18.2 Å². The number of nitrogens with zero attached hydrogens (tertiary/aromatic N) is 2. The molecule has 0 aliphatic heterocycles. The predicted molar refractivity (Wildman–Crippen MR) is 69.5 cm³/mol. The fraction of sp³-hybridized carbons (Fsp3) is 0.385. The van der Waals surface area contributed by atoms with E-state index in [-0.39, 0.29) is 24.4 Å². The van der Waals surface area contributed by atoms with Crippen LogP contribution in [0.2, 0.25) is 0 Å². The van der Waals surface area contributed by atoms with Crippen LogP contribution in [0.4, 0.5) is 19.0 Å². The molecule has 0 spiro atoms. The molecule has 0 bridgehead atoms. The molecule has 1 aromatic heterocycles. The first kappa shape index (κ1) is 15.1. The smallest absolute Gasteiger partial charge is 0.412 e. The van der Waals surface area contributed by atoms with Crippen molar-refractivity contribution in [2.24, 2.45) is 0 Å². The Labute approximate surface area is 118 Å². The summed E-state index contributed by atoms with van der Waals surface area (Å²) in [6.45, 7) is 1.82. The maximum Gasteiger partial charge on any atom is 0.412 e. The zero-order valence-electron chi connectivity index (χ0n) is 11.2. The molecule has 0 amide bonds. The fourth-order valence-corrected chi connectivity index (χ4v) is 2.04. The van der Waals surface area contributed by atoms with E-state index in [4.69, 9.17) is 10.5 Å². The molecule has 1 atom stereocenters. The molecule has 0 fully saturated rings. The number of esters is 1. The lowest BCUT2D eigenvalue weighted by Crippen LogP contribution is -2.20. The van der Waals surface area contributed by atoms with Crippen molar-refractivity contribution in [2.75, 3.05) is 12.3 Å². The second-order valence-corrected chi connectivity index (χ2v) is 4.45. The Morgan fingerprint density at radius 2 is 2.29 bits per heavy atom. The molecule has 0 aromatic carbocycles. The molecular weight excluding hydrogens is 287 g/mol. The molecule has 1 unspecified atom stereocenters. The SMILES string of the molecule is CCOC(=O)c1cnn(C2C=CC=C(C(F)(F)F)C2)c1N. The molecule has 0 saturated carbocycles. The number of halogens is 3. The number of hydrogen-bond donors (Lipinski definition) is 1. The third kappa shape index (κ3) is 3.09. The standard InChI is InChI=1S/C13H14F3N3O2/c1-2-21-12(20)10-7-18-19(11(10)17)9-5-3-4-8(6-9)13(14,15)16/h3-5,7,9H,2,6,17H2,1H3. The van der Waals surface area contributed by atoms with Gasteiger partial charge in [-0.05, 0) is 6.92 Å². The molecule has 114 valence electrons. The molecule has 2 rings (SSSR count). The Bertz CT molecular complexity index is 602. The third-order valence-corrected chi connectivity index (χ3v) is 3.07. The Morgan fingerprint density at radius 1 is 1.57 bits per heavy atom. The van der Waals surface area contributed by atoms with Gasteiger partial charge < -0.3 is 10.5 Å². The van der Waals surface area contributed by atoms with Gasteiger partial charge in [0.25, 0.3) is 0 Å². The zero-order valence-corrected chi connectivity index (χ0v) is 11.2. The molecule has 1 aliphatic carbocycles. The van der Waals surface area contributed by atoms with E-state index in [0.29, 0.717) is 0 Å². The van der Waals surface area contributed by atoms with Crippen molar-refractivity contribution in [1.29, 1.82) is 0 Å². The van der Waals surface area contributed by atoms with Crippen LogP contribution in [0.3, 0.4) is 0 Å². The minimum atomic E-state index is -4.39. The maximum absolute atomic E-state index is 12.7. The van der Waals surface area contributed by atoms with Crippen molar-refractivity contribution < 1.29 is 22.7 Å². The summed E-state index contributed by atoms with van der Waals surface area (Å²) < 4.78 is 44.2. The van der Waals surface area contributed by atoms with Gasteiger partial charge in [0.15, 0.2) is 0 Å². The van der Waals surface area contributed by atoms with E-state index in [1.54, 1.807) is 13.0 Å². The van der Waals surface area contributed by atoms with Crippen LogP contribution < -0.4 is 5.73 Å². The van der Waals surface area contributed by atoms with Gasteiger partial charge in [-0.3, -0.25) is 0 Å². The van der Waals surface area contributed by atoms with E-state index < -0.39 is 23.8 Å². The number of carbonyl (C=O) groups is 1. The first-order chi connectivity index (χ1) is 9.84. The van der Waals surface area contributed by atoms with Crippen LogP contribution in [0, 0.1) is 0 Å². The number of carbonyl (C=O) groups excluding carboxylic acids is 1. The Kier molecular flexibility index (Phi) is 4.06. The summed E-state index contributed by atoms with van der Waals surface area (Å²) in [5.74, 6) is -0.654. The van der Waals surface area contributed by atoms with Crippen LogP contribution in [0.5, 0.6) is 0 Å². The highest BCUT2D eigenvalue weighted by Crippen LogP contribution is 2.35. The van der Waals surface area contributed by atoms with Gasteiger partial charge in [0.05, 0.1) is 18.8 Å². The van der Waals surface area contributed by atoms with Crippen molar-refractivity contribution in [1.82, 2.24) is 9.78 Å². The van der Waals surface area contributed by atoms with Crippen molar-refractivity contribution >= 4 is 11.8 Å². The first-order valence-corrected chi connectivity index (χ1v) is 6.29. The molecule has 2 N–H and O–H groups in total. The van der Waals surface area contributed by atoms with Gasteiger partial charge in [-0.25, -0.2) is 9.48 Å². The fourth-order valence-electron chi connectivity index (χ4n) is 2.04. The monoisotopic (exact) mass is 301 g/mol. The van der Waals surface area contributed by atoms with Crippen molar-refractivity contribution in [2.45, 2.75) is 25.6 Å². The van der Waals surface area contributed by atoms with E-state index in [1.807, 2.05) is 0 Å². The van der Waals surface area contributed by atoms with E-state index in [9.17, 15) is 18.0 Å². The highest BCUT2D eigenvalue weighted by molar-refractivity contribution is 5.94. The number of aromatic nitrogens is 2. The summed E-state index contributed by atoms with van der Waals surface area (Å²) in [4.78, 5) is 11.6. The van der Waals surface area contributed by atoms with E-state index in [1.165, 1.54) is 17.0 Å². The summed E-state index contributed by atoms with van der Waals surface area (Å²) in [7, 11) is 0. The summed E-state index contributed by atoms with van der Waals surface area (Å²) in [5, 5.41) is 3.90. The molecule has 0 radical (unpaired) electrons. The summed E-state index contributed by atoms with van der Waals surface area (Å²) in [6, 6.07) is -0.685. The quantitative estimate of drug-likeness (QED) is 0.871. The average Bonchev–Trinajstić information content (AvgIpc) is 2.80. The lowest BCUT2D eigenvalue weighted by Gasteiger charge is -2.21. The predicted octanol–water partition coefficient (Wildman–Crippen LogP) is 2.63. The number of allylic oxidation sites excluding steroid dienone is 4. The maximum atomic E-state index is 12.7. The molecule has 21 heavy (non-hydrogen) atoms. The van der Waals surface area contributed by atoms with Crippen molar-refractivity contribution in [3.8, 4) is 0 Å². The second-order valence-electron chi connectivity index (χ2n) is 4.45. The highest BCUT2D eigenvalue weighted by Gasteiger charge is 2.36. The Hall–Kier alpha value is -2.25. The molecule has 1 heterocycles. The Morgan fingerprint density at radius 3 is 2.90 bits per heavy atom.